The number of nitrogens with two attached hydrogens (primary N) is 1. The fourth-order valence-corrected chi connectivity index (χ4v) is 2.55. The van der Waals surface area contributed by atoms with E-state index in [1.165, 1.54) is 5.56 Å². The maximum Gasteiger partial charge on any atom is 0.237 e. The molecule has 1 aromatic carbocycles. The van der Waals surface area contributed by atoms with Crippen LogP contribution in [0.1, 0.15) is 18.4 Å². The number of carbonyl (C=O) groups is 1. The first-order chi connectivity index (χ1) is 9.24. The quantitative estimate of drug-likeness (QED) is 0.481. The number of benzene rings is 1. The van der Waals surface area contributed by atoms with Gasteiger partial charge in [-0.1, -0.05) is 18.2 Å². The van der Waals surface area contributed by atoms with Crippen molar-refractivity contribution in [1.29, 1.82) is 0 Å². The first kappa shape index (κ1) is 13.8. The number of ether oxygens (including phenoxy) is 1. The molecular weight excluding hydrogens is 242 g/mol. The molecule has 0 radical (unpaired) electrons. The van der Waals surface area contributed by atoms with Gasteiger partial charge >= 0.3 is 0 Å². The number of carbonyl (C=O) groups excluding carboxylic acids is 1. The van der Waals surface area contributed by atoms with E-state index in [2.05, 4.69) is 16.4 Å². The van der Waals surface area contributed by atoms with Crippen LogP contribution in [0.5, 0.6) is 5.75 Å². The molecule has 5 nitrogen and oxygen atoms in total. The number of rotatable bonds is 4. The molecule has 0 atom stereocenters. The van der Waals surface area contributed by atoms with Gasteiger partial charge in [0, 0.05) is 18.0 Å². The maximum atomic E-state index is 11.5. The molecule has 0 bridgehead atoms. The van der Waals surface area contributed by atoms with E-state index in [9.17, 15) is 4.79 Å². The molecule has 0 aromatic heterocycles. The predicted molar refractivity (Wildman–Crippen MR) is 73.3 cm³/mol. The Hall–Kier alpha value is -1.59. The van der Waals surface area contributed by atoms with Gasteiger partial charge in [0.15, 0.2) is 0 Å². The summed E-state index contributed by atoms with van der Waals surface area (Å²) >= 11 is 0. The molecule has 19 heavy (non-hydrogen) atoms. The highest BCUT2D eigenvalue weighted by Crippen LogP contribution is 2.23. The van der Waals surface area contributed by atoms with Gasteiger partial charge in [-0.25, -0.2) is 5.84 Å². The minimum absolute atomic E-state index is 0.0445. The molecule has 5 heteroatoms. The van der Waals surface area contributed by atoms with Crippen molar-refractivity contribution >= 4 is 5.91 Å². The number of methoxy groups -OCH3 is 1. The zero-order valence-corrected chi connectivity index (χ0v) is 11.3. The molecule has 2 rings (SSSR count). The van der Waals surface area contributed by atoms with Crippen LogP contribution in [0.15, 0.2) is 24.3 Å². The van der Waals surface area contributed by atoms with E-state index < -0.39 is 0 Å². The fraction of sp³-hybridized carbons (Fsp3) is 0.500. The Balaban J connectivity index is 1.90. The van der Waals surface area contributed by atoms with Crippen molar-refractivity contribution in [2.24, 2.45) is 11.8 Å². The van der Waals surface area contributed by atoms with Crippen LogP contribution in [0.3, 0.4) is 0 Å². The highest BCUT2D eigenvalue weighted by Gasteiger charge is 2.24. The average Bonchev–Trinajstić information content (AvgIpc) is 2.48. The standard InChI is InChI=1S/C14H21N3O2/c1-19-13-5-3-2-4-12(13)10-17-8-6-11(7-9-17)14(18)16-15/h2-5,11H,6-10,15H2,1H3,(H,16,18). The smallest absolute Gasteiger partial charge is 0.237 e. The van der Waals surface area contributed by atoms with E-state index >= 15 is 0 Å². The lowest BCUT2D eigenvalue weighted by molar-refractivity contribution is -0.126. The molecule has 0 unspecified atom stereocenters. The second-order valence-electron chi connectivity index (χ2n) is 4.87. The molecular formula is C14H21N3O2. The minimum atomic E-state index is -0.0445. The van der Waals surface area contributed by atoms with Crippen molar-refractivity contribution in [1.82, 2.24) is 10.3 Å². The summed E-state index contributed by atoms with van der Waals surface area (Å²) in [5.74, 6) is 6.10. The molecule has 0 aliphatic carbocycles. The third kappa shape index (κ3) is 3.45. The summed E-state index contributed by atoms with van der Waals surface area (Å²) in [7, 11) is 1.69. The number of para-hydroxylation sites is 1. The van der Waals surface area contributed by atoms with Gasteiger partial charge in [-0.15, -0.1) is 0 Å². The van der Waals surface area contributed by atoms with Crippen LogP contribution < -0.4 is 16.0 Å². The van der Waals surface area contributed by atoms with Gasteiger partial charge in [-0.3, -0.25) is 15.1 Å². The van der Waals surface area contributed by atoms with Gasteiger partial charge in [0.25, 0.3) is 0 Å². The SMILES string of the molecule is COc1ccccc1CN1CCC(C(=O)NN)CC1. The maximum absolute atomic E-state index is 11.5. The lowest BCUT2D eigenvalue weighted by atomic mass is 9.96. The van der Waals surface area contributed by atoms with Gasteiger partial charge in [-0.05, 0) is 32.0 Å². The van der Waals surface area contributed by atoms with Gasteiger partial charge in [0.05, 0.1) is 7.11 Å². The molecule has 1 aliphatic rings. The van der Waals surface area contributed by atoms with Crippen LogP contribution in [0, 0.1) is 5.92 Å². The minimum Gasteiger partial charge on any atom is -0.496 e. The molecule has 1 aliphatic heterocycles. The third-order valence-corrected chi connectivity index (χ3v) is 3.69. The number of hydrogen-bond acceptors (Lipinski definition) is 4. The molecule has 1 heterocycles. The van der Waals surface area contributed by atoms with Gasteiger partial charge < -0.3 is 4.74 Å². The van der Waals surface area contributed by atoms with Crippen LogP contribution in [0.4, 0.5) is 0 Å². The molecule has 1 aromatic rings. The summed E-state index contributed by atoms with van der Waals surface area (Å²) in [4.78, 5) is 13.8. The number of hydrogen-bond donors (Lipinski definition) is 2. The molecule has 1 saturated heterocycles. The molecule has 0 saturated carbocycles. The van der Waals surface area contributed by atoms with E-state index in [0.717, 1.165) is 38.2 Å². The van der Waals surface area contributed by atoms with Gasteiger partial charge in [0.1, 0.15) is 5.75 Å². The van der Waals surface area contributed by atoms with Crippen molar-refractivity contribution < 1.29 is 9.53 Å². The van der Waals surface area contributed by atoms with E-state index in [1.54, 1.807) is 7.11 Å². The molecule has 0 spiro atoms. The highest BCUT2D eigenvalue weighted by molar-refractivity contribution is 5.78. The van der Waals surface area contributed by atoms with Crippen molar-refractivity contribution in [3.8, 4) is 5.75 Å². The molecule has 3 N–H and O–H groups in total. The highest BCUT2D eigenvalue weighted by atomic mass is 16.5. The average molecular weight is 263 g/mol. The normalized spacial score (nSPS) is 17.2. The van der Waals surface area contributed by atoms with Crippen molar-refractivity contribution in [3.05, 3.63) is 29.8 Å². The van der Waals surface area contributed by atoms with Crippen LogP contribution >= 0.6 is 0 Å². The summed E-state index contributed by atoms with van der Waals surface area (Å²) in [5, 5.41) is 0. The van der Waals surface area contributed by atoms with Crippen molar-refractivity contribution in [2.75, 3.05) is 20.2 Å². The Morgan fingerprint density at radius 1 is 1.42 bits per heavy atom. The second-order valence-corrected chi connectivity index (χ2v) is 4.87. The van der Waals surface area contributed by atoms with E-state index in [1.807, 2.05) is 18.2 Å². The number of amides is 1. The molecule has 1 amide bonds. The predicted octanol–water partition coefficient (Wildman–Crippen LogP) is 0.897. The van der Waals surface area contributed by atoms with Crippen LogP contribution in [0.25, 0.3) is 0 Å². The first-order valence-corrected chi connectivity index (χ1v) is 6.59. The zero-order chi connectivity index (χ0) is 13.7. The summed E-state index contributed by atoms with van der Waals surface area (Å²) < 4.78 is 5.36. The van der Waals surface area contributed by atoms with E-state index in [-0.39, 0.29) is 11.8 Å². The van der Waals surface area contributed by atoms with E-state index in [4.69, 9.17) is 10.6 Å². The largest absolute Gasteiger partial charge is 0.496 e. The third-order valence-electron chi connectivity index (χ3n) is 3.69. The Labute approximate surface area is 113 Å². The summed E-state index contributed by atoms with van der Waals surface area (Å²) in [6.07, 6.45) is 1.72. The van der Waals surface area contributed by atoms with Crippen LogP contribution in [-0.4, -0.2) is 31.0 Å². The Morgan fingerprint density at radius 3 is 2.74 bits per heavy atom. The summed E-state index contributed by atoms with van der Waals surface area (Å²) in [5.41, 5.74) is 3.43. The van der Waals surface area contributed by atoms with Gasteiger partial charge in [0.2, 0.25) is 5.91 Å². The first-order valence-electron chi connectivity index (χ1n) is 6.59. The van der Waals surface area contributed by atoms with Crippen molar-refractivity contribution in [3.63, 3.8) is 0 Å². The lowest BCUT2D eigenvalue weighted by Crippen LogP contribution is -2.42. The van der Waals surface area contributed by atoms with Crippen LogP contribution in [0.2, 0.25) is 0 Å². The molecule has 104 valence electrons. The van der Waals surface area contributed by atoms with E-state index in [0.29, 0.717) is 0 Å². The topological polar surface area (TPSA) is 67.6 Å². The monoisotopic (exact) mass is 263 g/mol. The lowest BCUT2D eigenvalue weighted by Gasteiger charge is -2.31. The van der Waals surface area contributed by atoms with Gasteiger partial charge in [-0.2, -0.15) is 0 Å². The Morgan fingerprint density at radius 2 is 2.11 bits per heavy atom. The number of nitrogens with one attached hydrogen (secondary N) is 1. The number of nitrogens with zero attached hydrogens (tertiary/aromatic N) is 1. The number of hydrazine groups is 1. The zero-order valence-electron chi connectivity index (χ0n) is 11.3. The summed E-state index contributed by atoms with van der Waals surface area (Å²) in [6.45, 7) is 2.69. The fourth-order valence-electron chi connectivity index (χ4n) is 2.55. The summed E-state index contributed by atoms with van der Waals surface area (Å²) in [6, 6.07) is 8.05. The Bertz CT molecular complexity index is 428. The van der Waals surface area contributed by atoms with Crippen molar-refractivity contribution in [2.45, 2.75) is 19.4 Å². The molecule has 1 fully saturated rings. The second kappa shape index (κ2) is 6.54. The number of likely N-dealkylation sites (tertiary alicyclic amines) is 1. The Kier molecular flexibility index (Phi) is 4.76. The number of piperidine rings is 1. The van der Waals surface area contributed by atoms with Crippen LogP contribution in [-0.2, 0) is 11.3 Å².